The lowest BCUT2D eigenvalue weighted by Gasteiger charge is -2.29. The molecule has 0 saturated heterocycles. The van der Waals surface area contributed by atoms with E-state index >= 15 is 0 Å². The highest BCUT2D eigenvalue weighted by molar-refractivity contribution is 6.04. The van der Waals surface area contributed by atoms with Crippen LogP contribution in [0.4, 0.5) is 17.1 Å². The largest absolute Gasteiger partial charge is 0.310 e. The predicted molar refractivity (Wildman–Crippen MR) is 229 cm³/mol. The minimum atomic E-state index is -0.0866. The molecule has 0 radical (unpaired) electrons. The first-order valence-corrected chi connectivity index (χ1v) is 20.2. The first-order valence-electron chi connectivity index (χ1n) is 20.2. The Kier molecular flexibility index (Phi) is 7.91. The summed E-state index contributed by atoms with van der Waals surface area (Å²) in [6.07, 6.45) is 5.64. The zero-order chi connectivity index (χ0) is 36.6. The second-order valence-electron chi connectivity index (χ2n) is 17.1. The molecule has 266 valence electrons. The van der Waals surface area contributed by atoms with Gasteiger partial charge in [-0.2, -0.15) is 0 Å². The van der Waals surface area contributed by atoms with Crippen LogP contribution >= 0.6 is 0 Å². The van der Waals surface area contributed by atoms with Gasteiger partial charge < -0.3 is 4.90 Å². The van der Waals surface area contributed by atoms with Crippen molar-refractivity contribution >= 4 is 27.8 Å². The van der Waals surface area contributed by atoms with Crippen LogP contribution in [0, 0.1) is 11.8 Å². The SMILES string of the molecule is CC(C)c1cccc2c1-c1ccc(N(c3ccc(-c4ccc5ccccc5c4-c4ccccc4)cc3)c3ccc(C4CC5CCC4C5)cc3)cc1C2(C)C. The van der Waals surface area contributed by atoms with E-state index in [0.29, 0.717) is 5.92 Å². The standard InChI is InChI=1S/C53H49N/c1-34(2)44-15-10-16-49-52(44)47-30-28-43(33-50(47)53(49,3)4)54(42-26-21-38(22-27-42)48-32-35-17-18-40(48)31-35)41-24-19-37(20-25-41)46-29-23-36-11-8-9-14-45(36)51(46)39-12-6-5-7-13-39/h5-16,19-30,33-35,40,48H,17-18,31-32H2,1-4H3. The molecular weight excluding hydrogens is 651 g/mol. The Labute approximate surface area is 321 Å². The van der Waals surface area contributed by atoms with Crippen molar-refractivity contribution in [3.63, 3.8) is 0 Å². The van der Waals surface area contributed by atoms with Crippen LogP contribution in [0.3, 0.4) is 0 Å². The van der Waals surface area contributed by atoms with E-state index in [1.165, 1.54) is 109 Å². The summed E-state index contributed by atoms with van der Waals surface area (Å²) in [5, 5.41) is 2.55. The minimum Gasteiger partial charge on any atom is -0.310 e. The Balaban J connectivity index is 1.09. The minimum absolute atomic E-state index is 0.0866. The molecule has 3 aliphatic carbocycles. The van der Waals surface area contributed by atoms with Gasteiger partial charge in [-0.15, -0.1) is 0 Å². The van der Waals surface area contributed by atoms with Crippen molar-refractivity contribution in [1.82, 2.24) is 0 Å². The molecule has 3 aliphatic rings. The Morgan fingerprint density at radius 1 is 0.556 bits per heavy atom. The third-order valence-electron chi connectivity index (χ3n) is 13.3. The molecule has 1 heteroatoms. The quantitative estimate of drug-likeness (QED) is 0.160. The molecular formula is C53H49N. The highest BCUT2D eigenvalue weighted by atomic mass is 15.1. The number of hydrogen-bond acceptors (Lipinski definition) is 1. The van der Waals surface area contributed by atoms with E-state index in [-0.39, 0.29) is 5.41 Å². The summed E-state index contributed by atoms with van der Waals surface area (Å²) in [4.78, 5) is 2.48. The Hall–Kier alpha value is -5.40. The smallest absolute Gasteiger partial charge is 0.0465 e. The van der Waals surface area contributed by atoms with Gasteiger partial charge in [0.25, 0.3) is 0 Å². The maximum atomic E-state index is 2.48. The van der Waals surface area contributed by atoms with E-state index in [1.54, 1.807) is 0 Å². The molecule has 0 spiro atoms. The number of rotatable bonds is 7. The molecule has 2 saturated carbocycles. The van der Waals surface area contributed by atoms with Crippen LogP contribution in [0.1, 0.15) is 87.5 Å². The molecule has 0 N–H and O–H groups in total. The first kappa shape index (κ1) is 33.2. The van der Waals surface area contributed by atoms with E-state index in [9.17, 15) is 0 Å². The summed E-state index contributed by atoms with van der Waals surface area (Å²) in [7, 11) is 0. The summed E-state index contributed by atoms with van der Waals surface area (Å²) in [6, 6.07) is 57.3. The average Bonchev–Trinajstić information content (AvgIpc) is 3.91. The Bertz CT molecular complexity index is 2500. The molecule has 54 heavy (non-hydrogen) atoms. The Morgan fingerprint density at radius 2 is 1.26 bits per heavy atom. The van der Waals surface area contributed by atoms with Gasteiger partial charge >= 0.3 is 0 Å². The Morgan fingerprint density at radius 3 is 1.98 bits per heavy atom. The van der Waals surface area contributed by atoms with Crippen molar-refractivity contribution in [2.24, 2.45) is 11.8 Å². The normalized spacial score (nSPS) is 19.3. The van der Waals surface area contributed by atoms with Gasteiger partial charge in [-0.05, 0) is 146 Å². The number of fused-ring (bicyclic) bond motifs is 6. The van der Waals surface area contributed by atoms with Gasteiger partial charge in [-0.1, -0.05) is 149 Å². The number of hydrogen-bond donors (Lipinski definition) is 0. The van der Waals surface area contributed by atoms with Gasteiger partial charge in [-0.25, -0.2) is 0 Å². The topological polar surface area (TPSA) is 3.24 Å². The van der Waals surface area contributed by atoms with Crippen LogP contribution in [-0.2, 0) is 5.41 Å². The van der Waals surface area contributed by atoms with Gasteiger partial charge in [-0.3, -0.25) is 0 Å². The zero-order valence-electron chi connectivity index (χ0n) is 32.0. The number of nitrogens with zero attached hydrogens (tertiary/aromatic N) is 1. The molecule has 0 aromatic heterocycles. The fourth-order valence-corrected chi connectivity index (χ4v) is 10.6. The van der Waals surface area contributed by atoms with Crippen molar-refractivity contribution in [3.05, 3.63) is 174 Å². The summed E-state index contributed by atoms with van der Waals surface area (Å²) in [5.74, 6) is 3.00. The van der Waals surface area contributed by atoms with Crippen molar-refractivity contribution in [2.75, 3.05) is 4.90 Å². The van der Waals surface area contributed by atoms with Gasteiger partial charge in [0, 0.05) is 22.5 Å². The molecule has 1 nitrogen and oxygen atoms in total. The van der Waals surface area contributed by atoms with Crippen LogP contribution in [0.5, 0.6) is 0 Å². The second kappa shape index (κ2) is 12.9. The van der Waals surface area contributed by atoms with Crippen molar-refractivity contribution in [3.8, 4) is 33.4 Å². The average molecular weight is 700 g/mol. The summed E-state index contributed by atoms with van der Waals surface area (Å²) >= 11 is 0. The highest BCUT2D eigenvalue weighted by Crippen LogP contribution is 2.55. The first-order chi connectivity index (χ1) is 26.3. The van der Waals surface area contributed by atoms with Crippen LogP contribution in [0.15, 0.2) is 152 Å². The third kappa shape index (κ3) is 5.35. The van der Waals surface area contributed by atoms with Gasteiger partial charge in [0.2, 0.25) is 0 Å². The van der Waals surface area contributed by atoms with Crippen LogP contribution in [-0.4, -0.2) is 0 Å². The number of anilines is 3. The van der Waals surface area contributed by atoms with Crippen molar-refractivity contribution in [1.29, 1.82) is 0 Å². The molecule has 0 heterocycles. The molecule has 2 fully saturated rings. The lowest BCUT2D eigenvalue weighted by molar-refractivity contribution is 0.420. The maximum absolute atomic E-state index is 2.48. The second-order valence-corrected chi connectivity index (χ2v) is 17.1. The maximum Gasteiger partial charge on any atom is 0.0465 e. The molecule has 3 unspecified atom stereocenters. The lowest BCUT2D eigenvalue weighted by Crippen LogP contribution is -2.16. The monoisotopic (exact) mass is 699 g/mol. The van der Waals surface area contributed by atoms with Crippen LogP contribution in [0.2, 0.25) is 0 Å². The van der Waals surface area contributed by atoms with E-state index < -0.39 is 0 Å². The van der Waals surface area contributed by atoms with Gasteiger partial charge in [0.15, 0.2) is 0 Å². The summed E-state index contributed by atoms with van der Waals surface area (Å²) < 4.78 is 0. The van der Waals surface area contributed by atoms with E-state index in [0.717, 1.165) is 17.8 Å². The molecule has 10 rings (SSSR count). The predicted octanol–water partition coefficient (Wildman–Crippen LogP) is 15.0. The van der Waals surface area contributed by atoms with Gasteiger partial charge in [0.05, 0.1) is 0 Å². The van der Waals surface area contributed by atoms with E-state index in [4.69, 9.17) is 0 Å². The van der Waals surface area contributed by atoms with Crippen LogP contribution < -0.4 is 4.90 Å². The summed E-state index contributed by atoms with van der Waals surface area (Å²) in [6.45, 7) is 9.45. The van der Waals surface area contributed by atoms with Crippen molar-refractivity contribution in [2.45, 2.75) is 70.6 Å². The molecule has 0 aliphatic heterocycles. The molecule has 7 aromatic rings. The molecule has 7 aromatic carbocycles. The van der Waals surface area contributed by atoms with E-state index in [2.05, 4.69) is 184 Å². The lowest BCUT2D eigenvalue weighted by atomic mass is 9.81. The van der Waals surface area contributed by atoms with Crippen molar-refractivity contribution < 1.29 is 0 Å². The summed E-state index contributed by atoms with van der Waals surface area (Å²) in [5.41, 5.74) is 17.2. The molecule has 3 atom stereocenters. The molecule has 0 amide bonds. The molecule has 2 bridgehead atoms. The number of benzene rings is 7. The van der Waals surface area contributed by atoms with E-state index in [1.807, 2.05) is 0 Å². The fraction of sp³-hybridized carbons (Fsp3) is 0.245. The highest BCUT2D eigenvalue weighted by Gasteiger charge is 2.40. The van der Waals surface area contributed by atoms with Gasteiger partial charge in [0.1, 0.15) is 0 Å². The third-order valence-corrected chi connectivity index (χ3v) is 13.3. The zero-order valence-corrected chi connectivity index (χ0v) is 32.0. The fourth-order valence-electron chi connectivity index (χ4n) is 10.6. The van der Waals surface area contributed by atoms with Crippen LogP contribution in [0.25, 0.3) is 44.2 Å².